The molecule has 1 radical (unpaired) electrons. The van der Waals surface area contributed by atoms with Crippen LogP contribution in [0.5, 0.6) is 0 Å². The predicted molar refractivity (Wildman–Crippen MR) is 31.8 cm³/mol. The summed E-state index contributed by atoms with van der Waals surface area (Å²) in [6, 6.07) is 0. The van der Waals surface area contributed by atoms with E-state index in [1.807, 2.05) is 6.92 Å². The molecule has 0 unspecified atom stereocenters. The fraction of sp³-hybridized carbons (Fsp3) is 0.833. The van der Waals surface area contributed by atoms with Crippen LogP contribution in [0.25, 0.3) is 0 Å². The molecule has 0 saturated heterocycles. The maximum Gasteiger partial charge on any atom is 0.127 e. The van der Waals surface area contributed by atoms with Crippen molar-refractivity contribution in [2.24, 2.45) is 5.16 Å². The smallest absolute Gasteiger partial charge is 0.127 e. The van der Waals surface area contributed by atoms with Gasteiger partial charge < -0.3 is 4.84 Å². The second-order valence-corrected chi connectivity index (χ2v) is 1.91. The van der Waals surface area contributed by atoms with Crippen molar-refractivity contribution in [3.63, 3.8) is 0 Å². The summed E-state index contributed by atoms with van der Waals surface area (Å²) < 4.78 is 0. The molecular formula is C6H10NO. The molecule has 1 aliphatic carbocycles. The molecule has 0 spiro atoms. The molecule has 2 heteroatoms. The van der Waals surface area contributed by atoms with E-state index in [2.05, 4.69) is 11.4 Å². The van der Waals surface area contributed by atoms with Crippen LogP contribution in [0.2, 0.25) is 0 Å². The Morgan fingerprint density at radius 3 is 3.00 bits per heavy atom. The Labute approximate surface area is 49.5 Å². The minimum absolute atomic E-state index is 0.425. The van der Waals surface area contributed by atoms with Gasteiger partial charge in [-0.2, -0.15) is 0 Å². The van der Waals surface area contributed by atoms with Gasteiger partial charge in [-0.05, 0) is 19.3 Å². The van der Waals surface area contributed by atoms with E-state index in [0.717, 1.165) is 6.42 Å². The lowest BCUT2D eigenvalue weighted by Crippen LogP contribution is -1.82. The maximum atomic E-state index is 4.91. The van der Waals surface area contributed by atoms with Gasteiger partial charge in [0.05, 0.1) is 0 Å². The van der Waals surface area contributed by atoms with E-state index in [1.54, 1.807) is 0 Å². The summed E-state index contributed by atoms with van der Waals surface area (Å²) in [5.74, 6) is 0. The van der Waals surface area contributed by atoms with Crippen molar-refractivity contribution in [3.05, 3.63) is 0 Å². The van der Waals surface area contributed by atoms with Crippen LogP contribution in [0.15, 0.2) is 5.16 Å². The minimum atomic E-state index is 0.425. The van der Waals surface area contributed by atoms with Crippen LogP contribution in [0, 0.1) is 0 Å². The summed E-state index contributed by atoms with van der Waals surface area (Å²) in [5, 5.41) is 3.60. The zero-order valence-corrected chi connectivity index (χ0v) is 5.05. The highest BCUT2D eigenvalue weighted by molar-refractivity contribution is 5.55. The summed E-state index contributed by atoms with van der Waals surface area (Å²) in [7, 11) is 0. The number of nitrogens with zero attached hydrogens (tertiary/aromatic N) is 1. The summed E-state index contributed by atoms with van der Waals surface area (Å²) in [4.78, 5) is 4.91. The van der Waals surface area contributed by atoms with E-state index in [9.17, 15) is 0 Å². The standard InChI is InChI=1S/C6H10NO/c1-2-5-7-8-6-3-4-6/h6H,2-4H2,1H3. The van der Waals surface area contributed by atoms with Crippen LogP contribution in [-0.4, -0.2) is 12.3 Å². The first kappa shape index (κ1) is 5.60. The molecular weight excluding hydrogens is 102 g/mol. The van der Waals surface area contributed by atoms with Gasteiger partial charge in [-0.15, -0.1) is 0 Å². The summed E-state index contributed by atoms with van der Waals surface area (Å²) in [6.45, 7) is 1.99. The van der Waals surface area contributed by atoms with Crippen molar-refractivity contribution in [2.45, 2.75) is 32.3 Å². The average Bonchev–Trinajstić information content (AvgIpc) is 2.51. The highest BCUT2D eigenvalue weighted by Crippen LogP contribution is 2.23. The van der Waals surface area contributed by atoms with Crippen molar-refractivity contribution < 1.29 is 4.84 Å². The van der Waals surface area contributed by atoms with Crippen LogP contribution in [0.3, 0.4) is 0 Å². The van der Waals surface area contributed by atoms with Gasteiger partial charge in [0.2, 0.25) is 0 Å². The van der Waals surface area contributed by atoms with Gasteiger partial charge in [0, 0.05) is 0 Å². The fourth-order valence-electron chi connectivity index (χ4n) is 0.350. The largest absolute Gasteiger partial charge is 0.392 e. The Bertz CT molecular complexity index is 86.5. The van der Waals surface area contributed by atoms with Crippen LogP contribution in [0.4, 0.5) is 0 Å². The Morgan fingerprint density at radius 1 is 1.75 bits per heavy atom. The molecule has 0 aromatic carbocycles. The summed E-state index contributed by atoms with van der Waals surface area (Å²) in [5.41, 5.74) is 0. The van der Waals surface area contributed by atoms with Crippen molar-refractivity contribution >= 4 is 6.21 Å². The van der Waals surface area contributed by atoms with Crippen LogP contribution in [-0.2, 0) is 4.84 Å². The van der Waals surface area contributed by atoms with Gasteiger partial charge in [-0.25, -0.2) is 0 Å². The fourth-order valence-corrected chi connectivity index (χ4v) is 0.350. The average molecular weight is 112 g/mol. The quantitative estimate of drug-likeness (QED) is 0.400. The number of rotatable bonds is 3. The Kier molecular flexibility index (Phi) is 1.89. The SMILES string of the molecule is CC/[C]=N/OC1CC1. The number of hydrogen-bond donors (Lipinski definition) is 0. The Balaban J connectivity index is 1.93. The van der Waals surface area contributed by atoms with Gasteiger partial charge in [0.1, 0.15) is 12.3 Å². The molecule has 1 rings (SSSR count). The molecule has 0 bridgehead atoms. The Morgan fingerprint density at radius 2 is 2.50 bits per heavy atom. The molecule has 8 heavy (non-hydrogen) atoms. The first-order valence-corrected chi connectivity index (χ1v) is 3.02. The highest BCUT2D eigenvalue weighted by Gasteiger charge is 2.22. The maximum absolute atomic E-state index is 4.91. The van der Waals surface area contributed by atoms with E-state index >= 15 is 0 Å². The third-order valence-electron chi connectivity index (χ3n) is 0.949. The molecule has 0 heterocycles. The lowest BCUT2D eigenvalue weighted by atomic mass is 10.6. The van der Waals surface area contributed by atoms with E-state index in [4.69, 9.17) is 4.84 Å². The van der Waals surface area contributed by atoms with Crippen LogP contribution >= 0.6 is 0 Å². The van der Waals surface area contributed by atoms with Crippen molar-refractivity contribution in [1.82, 2.24) is 0 Å². The second kappa shape index (κ2) is 2.70. The zero-order chi connectivity index (χ0) is 5.82. The monoisotopic (exact) mass is 112 g/mol. The van der Waals surface area contributed by atoms with Gasteiger partial charge in [-0.3, -0.25) is 0 Å². The van der Waals surface area contributed by atoms with E-state index in [-0.39, 0.29) is 0 Å². The second-order valence-electron chi connectivity index (χ2n) is 1.91. The third kappa shape index (κ3) is 1.96. The lowest BCUT2D eigenvalue weighted by molar-refractivity contribution is 0.130. The molecule has 0 atom stereocenters. The molecule has 2 nitrogen and oxygen atoms in total. The molecule has 0 aliphatic heterocycles. The topological polar surface area (TPSA) is 21.6 Å². The lowest BCUT2D eigenvalue weighted by Gasteiger charge is -1.88. The summed E-state index contributed by atoms with van der Waals surface area (Å²) >= 11 is 0. The predicted octanol–water partition coefficient (Wildman–Crippen LogP) is 1.44. The molecule has 45 valence electrons. The molecule has 0 aromatic heterocycles. The van der Waals surface area contributed by atoms with E-state index in [0.29, 0.717) is 6.10 Å². The van der Waals surface area contributed by atoms with Crippen LogP contribution in [0.1, 0.15) is 26.2 Å². The molecule has 0 amide bonds. The molecule has 0 aromatic rings. The van der Waals surface area contributed by atoms with Crippen molar-refractivity contribution in [1.29, 1.82) is 0 Å². The molecule has 1 fully saturated rings. The van der Waals surface area contributed by atoms with Crippen molar-refractivity contribution in [2.75, 3.05) is 0 Å². The summed E-state index contributed by atoms with van der Waals surface area (Å²) in [6.07, 6.45) is 6.34. The van der Waals surface area contributed by atoms with E-state index < -0.39 is 0 Å². The van der Waals surface area contributed by atoms with Gasteiger partial charge in [0.25, 0.3) is 0 Å². The number of hydrogen-bond acceptors (Lipinski definition) is 2. The molecule has 1 aliphatic rings. The Hall–Kier alpha value is -0.530. The van der Waals surface area contributed by atoms with Gasteiger partial charge >= 0.3 is 0 Å². The highest BCUT2D eigenvalue weighted by atomic mass is 16.6. The normalized spacial score (nSPS) is 19.6. The van der Waals surface area contributed by atoms with Crippen LogP contribution < -0.4 is 0 Å². The first-order chi connectivity index (χ1) is 3.93. The minimum Gasteiger partial charge on any atom is -0.392 e. The third-order valence-corrected chi connectivity index (χ3v) is 0.949. The zero-order valence-electron chi connectivity index (χ0n) is 5.05. The molecule has 0 N–H and O–H groups in total. The van der Waals surface area contributed by atoms with Gasteiger partial charge in [-0.1, -0.05) is 12.1 Å². The van der Waals surface area contributed by atoms with E-state index in [1.165, 1.54) is 12.8 Å². The first-order valence-electron chi connectivity index (χ1n) is 3.02. The van der Waals surface area contributed by atoms with Gasteiger partial charge in [0.15, 0.2) is 0 Å². The molecule has 1 saturated carbocycles. The van der Waals surface area contributed by atoms with Crippen molar-refractivity contribution in [3.8, 4) is 0 Å².